The molecule has 5 heteroatoms. The lowest BCUT2D eigenvalue weighted by Gasteiger charge is -2.26. The highest BCUT2D eigenvalue weighted by atomic mass is 32.2. The molecule has 0 aromatic heterocycles. The molecule has 4 nitrogen and oxygen atoms in total. The van der Waals surface area contributed by atoms with E-state index in [9.17, 15) is 4.79 Å². The fourth-order valence-electron chi connectivity index (χ4n) is 3.19. The number of anilines is 1. The van der Waals surface area contributed by atoms with Crippen molar-refractivity contribution in [3.05, 3.63) is 53.6 Å². The molecular formula is C21H29N3OS+2. The van der Waals surface area contributed by atoms with Gasteiger partial charge >= 0.3 is 0 Å². The number of benzene rings is 2. The first-order chi connectivity index (χ1) is 12.5. The van der Waals surface area contributed by atoms with E-state index in [0.29, 0.717) is 6.54 Å². The number of carbonyl (C=O) groups excluding carboxylic acids is 1. The van der Waals surface area contributed by atoms with Crippen LogP contribution in [0.15, 0.2) is 52.3 Å². The van der Waals surface area contributed by atoms with E-state index in [1.807, 2.05) is 12.1 Å². The van der Waals surface area contributed by atoms with E-state index in [0.717, 1.165) is 31.9 Å². The zero-order valence-corrected chi connectivity index (χ0v) is 16.7. The molecule has 3 N–H and O–H groups in total. The normalized spacial score (nSPS) is 20.0. The van der Waals surface area contributed by atoms with E-state index in [4.69, 9.17) is 0 Å². The number of rotatable bonds is 5. The molecule has 138 valence electrons. The number of quaternary nitrogens is 2. The minimum Gasteiger partial charge on any atom is -0.328 e. The molecule has 1 saturated heterocycles. The van der Waals surface area contributed by atoms with Gasteiger partial charge in [0.1, 0.15) is 26.2 Å². The largest absolute Gasteiger partial charge is 0.328 e. The van der Waals surface area contributed by atoms with Crippen LogP contribution in [0.3, 0.4) is 0 Å². The fourth-order valence-corrected chi connectivity index (χ4v) is 4.19. The van der Waals surface area contributed by atoms with E-state index in [2.05, 4.69) is 56.5 Å². The zero-order valence-electron chi connectivity index (χ0n) is 15.9. The lowest BCUT2D eigenvalue weighted by Crippen LogP contribution is -3.27. The van der Waals surface area contributed by atoms with Crippen LogP contribution in [0.4, 0.5) is 5.69 Å². The lowest BCUT2D eigenvalue weighted by atomic mass is 10.2. The van der Waals surface area contributed by atoms with Crippen molar-refractivity contribution in [2.45, 2.75) is 23.6 Å². The van der Waals surface area contributed by atoms with Gasteiger partial charge in [-0.05, 0) is 55.3 Å². The van der Waals surface area contributed by atoms with E-state index in [-0.39, 0.29) is 5.91 Å². The van der Waals surface area contributed by atoms with Crippen LogP contribution in [0.25, 0.3) is 0 Å². The summed E-state index contributed by atoms with van der Waals surface area (Å²) in [6.07, 6.45) is 0. The number of carbonyl (C=O) groups is 1. The van der Waals surface area contributed by atoms with Crippen molar-refractivity contribution in [3.8, 4) is 0 Å². The van der Waals surface area contributed by atoms with Gasteiger partial charge in [0.2, 0.25) is 0 Å². The minimum atomic E-state index is 0.106. The van der Waals surface area contributed by atoms with Gasteiger partial charge in [-0.3, -0.25) is 4.79 Å². The van der Waals surface area contributed by atoms with Crippen LogP contribution in [-0.4, -0.2) is 45.7 Å². The molecule has 1 amide bonds. The quantitative estimate of drug-likeness (QED) is 0.728. The third-order valence-corrected chi connectivity index (χ3v) is 6.10. The summed E-state index contributed by atoms with van der Waals surface area (Å²) in [4.78, 5) is 17.7. The third-order valence-electron chi connectivity index (χ3n) is 4.93. The molecule has 2 aromatic carbocycles. The summed E-state index contributed by atoms with van der Waals surface area (Å²) in [6.45, 7) is 9.26. The number of hydrogen-bond donors (Lipinski definition) is 3. The van der Waals surface area contributed by atoms with Crippen molar-refractivity contribution in [3.63, 3.8) is 0 Å². The van der Waals surface area contributed by atoms with Crippen molar-refractivity contribution in [2.24, 2.45) is 0 Å². The van der Waals surface area contributed by atoms with Crippen LogP contribution in [-0.2, 0) is 4.79 Å². The minimum absolute atomic E-state index is 0.106. The van der Waals surface area contributed by atoms with E-state index in [1.165, 1.54) is 25.8 Å². The average molecular weight is 372 g/mol. The predicted octanol–water partition coefficient (Wildman–Crippen LogP) is 0.806. The van der Waals surface area contributed by atoms with Crippen LogP contribution in [0.5, 0.6) is 0 Å². The van der Waals surface area contributed by atoms with Gasteiger partial charge in [0.25, 0.3) is 5.91 Å². The third kappa shape index (κ3) is 5.34. The molecule has 0 unspecified atom stereocenters. The Morgan fingerprint density at radius 1 is 1.04 bits per heavy atom. The molecular weight excluding hydrogens is 342 g/mol. The Morgan fingerprint density at radius 3 is 2.42 bits per heavy atom. The second kappa shape index (κ2) is 8.71. The highest BCUT2D eigenvalue weighted by Crippen LogP contribution is 2.31. The molecule has 0 aliphatic carbocycles. The maximum atomic E-state index is 12.3. The fraction of sp³-hybridized carbons (Fsp3) is 0.381. The molecule has 0 bridgehead atoms. The molecule has 0 spiro atoms. The molecule has 1 aliphatic heterocycles. The number of hydrogen-bond acceptors (Lipinski definition) is 2. The Hall–Kier alpha value is -1.82. The molecule has 3 rings (SSSR count). The molecule has 26 heavy (non-hydrogen) atoms. The number of nitrogens with one attached hydrogen (secondary N) is 3. The predicted molar refractivity (Wildman–Crippen MR) is 107 cm³/mol. The van der Waals surface area contributed by atoms with Crippen LogP contribution in [0.2, 0.25) is 0 Å². The van der Waals surface area contributed by atoms with Gasteiger partial charge in [-0.2, -0.15) is 0 Å². The van der Waals surface area contributed by atoms with Crippen LogP contribution in [0, 0.1) is 13.8 Å². The Bertz CT molecular complexity index is 752. The Morgan fingerprint density at radius 2 is 1.73 bits per heavy atom. The van der Waals surface area contributed by atoms with Gasteiger partial charge in [-0.15, -0.1) is 0 Å². The van der Waals surface area contributed by atoms with E-state index >= 15 is 0 Å². The standard InChI is InChI=1S/C21H27N3OS/c1-16-4-5-17(2)20(14-16)26-19-8-6-18(7-9-19)22-21(25)15-24-12-10-23(3)11-13-24/h4-9,14H,10-13,15H2,1-3H3,(H,22,25)/p+2. The molecule has 2 aromatic rings. The topological polar surface area (TPSA) is 38.0 Å². The molecule has 0 atom stereocenters. The first kappa shape index (κ1) is 19.0. The maximum absolute atomic E-state index is 12.3. The van der Waals surface area contributed by atoms with Crippen molar-refractivity contribution < 1.29 is 14.6 Å². The van der Waals surface area contributed by atoms with E-state index in [1.54, 1.807) is 16.7 Å². The van der Waals surface area contributed by atoms with Gasteiger partial charge in [0.15, 0.2) is 6.54 Å². The Labute approximate surface area is 160 Å². The number of amides is 1. The van der Waals surface area contributed by atoms with Gasteiger partial charge in [0.05, 0.1) is 7.05 Å². The van der Waals surface area contributed by atoms with Gasteiger partial charge in [-0.1, -0.05) is 23.9 Å². The average Bonchev–Trinajstić information content (AvgIpc) is 2.62. The van der Waals surface area contributed by atoms with Crippen LogP contribution < -0.4 is 15.1 Å². The summed E-state index contributed by atoms with van der Waals surface area (Å²) in [5, 5.41) is 3.04. The summed E-state index contributed by atoms with van der Waals surface area (Å²) >= 11 is 1.77. The number of likely N-dealkylation sites (N-methyl/N-ethyl adjacent to an activating group) is 1. The summed E-state index contributed by atoms with van der Waals surface area (Å²) in [5.74, 6) is 0.106. The van der Waals surface area contributed by atoms with Crippen molar-refractivity contribution in [1.29, 1.82) is 0 Å². The zero-order chi connectivity index (χ0) is 18.5. The SMILES string of the molecule is Cc1ccc(C)c(Sc2ccc(NC(=O)C[NH+]3CC[NH+](C)CC3)cc2)c1. The highest BCUT2D eigenvalue weighted by molar-refractivity contribution is 7.99. The second-order valence-corrected chi connectivity index (χ2v) is 8.44. The van der Waals surface area contributed by atoms with Crippen molar-refractivity contribution >= 4 is 23.4 Å². The van der Waals surface area contributed by atoms with Gasteiger partial charge in [0, 0.05) is 15.5 Å². The Kier molecular flexibility index (Phi) is 6.35. The van der Waals surface area contributed by atoms with Gasteiger partial charge in [-0.25, -0.2) is 0 Å². The molecule has 1 aliphatic rings. The summed E-state index contributed by atoms with van der Waals surface area (Å²) in [5.41, 5.74) is 3.43. The summed E-state index contributed by atoms with van der Waals surface area (Å²) < 4.78 is 0. The van der Waals surface area contributed by atoms with Crippen molar-refractivity contribution in [1.82, 2.24) is 0 Å². The van der Waals surface area contributed by atoms with Crippen LogP contribution in [0.1, 0.15) is 11.1 Å². The smallest absolute Gasteiger partial charge is 0.279 e. The molecule has 1 fully saturated rings. The monoisotopic (exact) mass is 371 g/mol. The number of piperazine rings is 1. The first-order valence-corrected chi connectivity index (χ1v) is 10.1. The van der Waals surface area contributed by atoms with Gasteiger partial charge < -0.3 is 15.1 Å². The summed E-state index contributed by atoms with van der Waals surface area (Å²) in [6, 6.07) is 14.7. The van der Waals surface area contributed by atoms with Crippen molar-refractivity contribution in [2.75, 3.05) is 45.1 Å². The second-order valence-electron chi connectivity index (χ2n) is 7.33. The van der Waals surface area contributed by atoms with Crippen LogP contribution >= 0.6 is 11.8 Å². The number of aryl methyl sites for hydroxylation is 2. The van der Waals surface area contributed by atoms with E-state index < -0.39 is 0 Å². The molecule has 0 saturated carbocycles. The molecule has 1 heterocycles. The first-order valence-electron chi connectivity index (χ1n) is 9.29. The maximum Gasteiger partial charge on any atom is 0.279 e. The Balaban J connectivity index is 1.54. The lowest BCUT2D eigenvalue weighted by molar-refractivity contribution is -0.999. The highest BCUT2D eigenvalue weighted by Gasteiger charge is 2.22. The summed E-state index contributed by atoms with van der Waals surface area (Å²) in [7, 11) is 2.22. The molecule has 0 radical (unpaired) electrons.